The highest BCUT2D eigenvalue weighted by Crippen LogP contribution is 2.44. The molecule has 1 saturated heterocycles. The number of piperidine rings is 1. The molecule has 1 aliphatic heterocycles. The Morgan fingerprint density at radius 3 is 2.79 bits per heavy atom. The van der Waals surface area contributed by atoms with Gasteiger partial charge in [-0.2, -0.15) is 0 Å². The number of fused-ring (bicyclic) bond motifs is 1. The number of likely N-dealkylation sites (tertiary alicyclic amines) is 1. The Bertz CT molecular complexity index is 1240. The third-order valence-electron chi connectivity index (χ3n) is 6.45. The standard InChI is InChI=1S/C23H23F2N5O2S/c1-12-10-30(18(8-23(12,24)25)14-4-5-19-17(6-14)28-11-33-19)22(32)21(31)29-15-7-16(13-2-3-13)20(26)27-9-15/h4-7,9,11-13,18H,2-3,8,10H2,1H3,(H2,26,27)(H,29,31)/t12-,18-/m0/s1. The highest BCUT2D eigenvalue weighted by atomic mass is 32.1. The zero-order chi connectivity index (χ0) is 23.3. The third kappa shape index (κ3) is 4.15. The Balaban J connectivity index is 1.41. The largest absolute Gasteiger partial charge is 0.383 e. The first kappa shape index (κ1) is 21.7. The molecule has 10 heteroatoms. The first-order valence-corrected chi connectivity index (χ1v) is 11.7. The van der Waals surface area contributed by atoms with Crippen LogP contribution in [0.15, 0.2) is 36.0 Å². The average Bonchev–Trinajstić information content (AvgIpc) is 3.52. The lowest BCUT2D eigenvalue weighted by molar-refractivity contribution is -0.159. The van der Waals surface area contributed by atoms with Gasteiger partial charge in [-0.25, -0.2) is 18.7 Å². The summed E-state index contributed by atoms with van der Waals surface area (Å²) in [5.41, 5.74) is 10.0. The van der Waals surface area contributed by atoms with Gasteiger partial charge in [0.1, 0.15) is 5.82 Å². The molecule has 7 nitrogen and oxygen atoms in total. The second-order valence-corrected chi connectivity index (χ2v) is 9.73. The number of aromatic nitrogens is 2. The Morgan fingerprint density at radius 1 is 1.24 bits per heavy atom. The zero-order valence-corrected chi connectivity index (χ0v) is 18.7. The van der Waals surface area contributed by atoms with E-state index in [2.05, 4.69) is 15.3 Å². The van der Waals surface area contributed by atoms with Crippen molar-refractivity contribution < 1.29 is 18.4 Å². The van der Waals surface area contributed by atoms with Gasteiger partial charge in [0.25, 0.3) is 5.92 Å². The van der Waals surface area contributed by atoms with Crippen molar-refractivity contribution in [2.75, 3.05) is 17.6 Å². The van der Waals surface area contributed by atoms with E-state index in [-0.39, 0.29) is 6.54 Å². The van der Waals surface area contributed by atoms with Crippen LogP contribution < -0.4 is 11.1 Å². The molecule has 2 atom stereocenters. The maximum absolute atomic E-state index is 14.7. The molecule has 2 fully saturated rings. The lowest BCUT2D eigenvalue weighted by Gasteiger charge is -2.42. The number of amides is 2. The minimum atomic E-state index is -2.96. The smallest absolute Gasteiger partial charge is 0.313 e. The second-order valence-electron chi connectivity index (χ2n) is 8.85. The van der Waals surface area contributed by atoms with Crippen molar-refractivity contribution >= 4 is 44.9 Å². The van der Waals surface area contributed by atoms with Crippen LogP contribution in [0.1, 0.15) is 49.3 Å². The van der Waals surface area contributed by atoms with Gasteiger partial charge in [0.15, 0.2) is 0 Å². The van der Waals surface area contributed by atoms with Crippen LogP contribution in [0, 0.1) is 5.92 Å². The number of hydrogen-bond donors (Lipinski definition) is 2. The minimum absolute atomic E-state index is 0.230. The van der Waals surface area contributed by atoms with Gasteiger partial charge >= 0.3 is 11.8 Å². The van der Waals surface area contributed by atoms with Crippen molar-refractivity contribution in [3.8, 4) is 0 Å². The predicted octanol–water partition coefficient (Wildman–Crippen LogP) is 4.33. The van der Waals surface area contributed by atoms with E-state index in [1.807, 2.05) is 0 Å². The molecule has 33 heavy (non-hydrogen) atoms. The topological polar surface area (TPSA) is 101 Å². The molecule has 1 aromatic carbocycles. The van der Waals surface area contributed by atoms with Crippen LogP contribution >= 0.6 is 11.3 Å². The SMILES string of the molecule is C[C@H]1CN(C(=O)C(=O)Nc2cnc(N)c(C3CC3)c2)[C@H](c2ccc3scnc3c2)CC1(F)F. The summed E-state index contributed by atoms with van der Waals surface area (Å²) >= 11 is 1.45. The summed E-state index contributed by atoms with van der Waals surface area (Å²) in [6.45, 7) is 1.16. The van der Waals surface area contributed by atoms with Crippen LogP contribution in [0.25, 0.3) is 10.2 Å². The van der Waals surface area contributed by atoms with Gasteiger partial charge in [-0.3, -0.25) is 9.59 Å². The first-order valence-electron chi connectivity index (χ1n) is 10.8. The number of anilines is 2. The van der Waals surface area contributed by atoms with E-state index < -0.39 is 36.1 Å². The number of nitrogen functional groups attached to an aromatic ring is 1. The second kappa shape index (κ2) is 8.02. The summed E-state index contributed by atoms with van der Waals surface area (Å²) < 4.78 is 30.3. The van der Waals surface area contributed by atoms with Crippen molar-refractivity contribution in [1.29, 1.82) is 0 Å². The monoisotopic (exact) mass is 471 g/mol. The zero-order valence-electron chi connectivity index (χ0n) is 17.9. The molecule has 5 rings (SSSR count). The Morgan fingerprint density at radius 2 is 2.03 bits per heavy atom. The van der Waals surface area contributed by atoms with Crippen molar-refractivity contribution in [2.45, 2.75) is 44.1 Å². The molecule has 3 aromatic rings. The van der Waals surface area contributed by atoms with Gasteiger partial charge < -0.3 is 16.0 Å². The van der Waals surface area contributed by atoms with Crippen LogP contribution in [0.3, 0.4) is 0 Å². The van der Waals surface area contributed by atoms with E-state index >= 15 is 0 Å². The number of nitrogens with zero attached hydrogens (tertiary/aromatic N) is 3. The quantitative estimate of drug-likeness (QED) is 0.554. The number of hydrogen-bond acceptors (Lipinski definition) is 6. The van der Waals surface area contributed by atoms with Crippen molar-refractivity contribution in [3.05, 3.63) is 47.1 Å². The molecule has 0 bridgehead atoms. The Labute approximate surface area is 193 Å². The van der Waals surface area contributed by atoms with Crippen LogP contribution in [-0.2, 0) is 9.59 Å². The van der Waals surface area contributed by atoms with Gasteiger partial charge in [-0.05, 0) is 48.1 Å². The highest BCUT2D eigenvalue weighted by molar-refractivity contribution is 7.16. The van der Waals surface area contributed by atoms with Crippen LogP contribution in [0.2, 0.25) is 0 Å². The molecule has 2 aliphatic rings. The van der Waals surface area contributed by atoms with Crippen molar-refractivity contribution in [3.63, 3.8) is 0 Å². The van der Waals surface area contributed by atoms with Crippen LogP contribution in [0.4, 0.5) is 20.3 Å². The lowest BCUT2D eigenvalue weighted by atomic mass is 9.86. The molecule has 0 radical (unpaired) electrons. The predicted molar refractivity (Wildman–Crippen MR) is 122 cm³/mol. The summed E-state index contributed by atoms with van der Waals surface area (Å²) in [6, 6.07) is 6.03. The lowest BCUT2D eigenvalue weighted by Crippen LogP contribution is -2.52. The Kier molecular flexibility index (Phi) is 5.27. The fourth-order valence-electron chi connectivity index (χ4n) is 4.33. The number of carbonyl (C=O) groups excluding carboxylic acids is 2. The van der Waals surface area contributed by atoms with Gasteiger partial charge in [0, 0.05) is 18.9 Å². The molecule has 172 valence electrons. The fourth-order valence-corrected chi connectivity index (χ4v) is 4.99. The molecule has 1 saturated carbocycles. The van der Waals surface area contributed by atoms with E-state index in [0.29, 0.717) is 28.5 Å². The number of halogens is 2. The van der Waals surface area contributed by atoms with Crippen molar-refractivity contribution in [1.82, 2.24) is 14.9 Å². The average molecular weight is 472 g/mol. The van der Waals surface area contributed by atoms with Crippen LogP contribution in [-0.4, -0.2) is 39.1 Å². The summed E-state index contributed by atoms with van der Waals surface area (Å²) in [5, 5.41) is 2.58. The summed E-state index contributed by atoms with van der Waals surface area (Å²) in [5.74, 6) is -5.06. The molecule has 3 heterocycles. The molecule has 2 aromatic heterocycles. The Hall–Kier alpha value is -3.14. The molecule has 0 unspecified atom stereocenters. The van der Waals surface area contributed by atoms with Crippen LogP contribution in [0.5, 0.6) is 0 Å². The number of nitrogens with two attached hydrogens (primary N) is 1. The number of benzene rings is 1. The molecule has 0 spiro atoms. The number of carbonyl (C=O) groups is 2. The maximum Gasteiger partial charge on any atom is 0.313 e. The van der Waals surface area contributed by atoms with E-state index in [4.69, 9.17) is 5.73 Å². The van der Waals surface area contributed by atoms with Gasteiger partial charge in [0.05, 0.1) is 33.7 Å². The van der Waals surface area contributed by atoms with Gasteiger partial charge in [0.2, 0.25) is 0 Å². The molecule has 2 amide bonds. The van der Waals surface area contributed by atoms with Crippen molar-refractivity contribution in [2.24, 2.45) is 5.92 Å². The normalized spacial score (nSPS) is 22.3. The molecular weight excluding hydrogens is 448 g/mol. The van der Waals surface area contributed by atoms with E-state index in [9.17, 15) is 18.4 Å². The summed E-state index contributed by atoms with van der Waals surface area (Å²) in [6.07, 6.45) is 2.85. The van der Waals surface area contributed by atoms with Gasteiger partial charge in [-0.1, -0.05) is 13.0 Å². The van der Waals surface area contributed by atoms with E-state index in [1.54, 1.807) is 29.8 Å². The summed E-state index contributed by atoms with van der Waals surface area (Å²) in [4.78, 5) is 35.6. The van der Waals surface area contributed by atoms with E-state index in [1.165, 1.54) is 29.4 Å². The summed E-state index contributed by atoms with van der Waals surface area (Å²) in [7, 11) is 0. The highest BCUT2D eigenvalue weighted by Gasteiger charge is 2.48. The number of thiazole rings is 1. The van der Waals surface area contributed by atoms with E-state index in [0.717, 1.165) is 23.1 Å². The third-order valence-corrected chi connectivity index (χ3v) is 7.26. The maximum atomic E-state index is 14.7. The fraction of sp³-hybridized carbons (Fsp3) is 0.391. The number of nitrogens with one attached hydrogen (secondary N) is 1. The van der Waals surface area contributed by atoms with Gasteiger partial charge in [-0.15, -0.1) is 11.3 Å². The number of pyridine rings is 1. The number of rotatable bonds is 3. The molecule has 3 N–H and O–H groups in total. The minimum Gasteiger partial charge on any atom is -0.383 e. The molecular formula is C23H23F2N5O2S. The molecule has 1 aliphatic carbocycles. The first-order chi connectivity index (χ1) is 15.7. The number of alkyl halides is 2.